The summed E-state index contributed by atoms with van der Waals surface area (Å²) in [6.07, 6.45) is -1.56. The highest BCUT2D eigenvalue weighted by Gasteiger charge is 2.31. The minimum atomic E-state index is -4.51. The van der Waals surface area contributed by atoms with Crippen LogP contribution >= 0.6 is 0 Å². The molecule has 0 saturated carbocycles. The molecule has 114 valence electrons. The molecule has 0 aliphatic heterocycles. The first-order valence-electron chi connectivity index (χ1n) is 6.83. The molecule has 1 aromatic carbocycles. The minimum absolute atomic E-state index is 0.0278. The lowest BCUT2D eigenvalue weighted by atomic mass is 10.0. The smallest absolute Gasteiger partial charge is 0.380 e. The average molecular weight is 291 g/mol. The SMILES string of the molecule is CC(C)CCCC(C)Nc1ccc(C(F)(F)F)cc1F. The molecular formula is C15H21F4N. The Morgan fingerprint density at radius 1 is 1.10 bits per heavy atom. The fourth-order valence-corrected chi connectivity index (χ4v) is 1.98. The Balaban J connectivity index is 2.60. The summed E-state index contributed by atoms with van der Waals surface area (Å²) in [5, 5.41) is 2.92. The van der Waals surface area contributed by atoms with E-state index >= 15 is 0 Å². The molecule has 0 saturated heterocycles. The quantitative estimate of drug-likeness (QED) is 0.685. The Kier molecular flexibility index (Phi) is 5.84. The zero-order valence-electron chi connectivity index (χ0n) is 12.0. The molecule has 0 fully saturated rings. The van der Waals surface area contributed by atoms with Gasteiger partial charge in [-0.2, -0.15) is 13.2 Å². The Hall–Kier alpha value is -1.26. The third kappa shape index (κ3) is 5.39. The number of hydrogen-bond donors (Lipinski definition) is 1. The van der Waals surface area contributed by atoms with Crippen molar-refractivity contribution >= 4 is 5.69 Å². The van der Waals surface area contributed by atoms with Crippen molar-refractivity contribution < 1.29 is 17.6 Å². The van der Waals surface area contributed by atoms with Gasteiger partial charge in [-0.3, -0.25) is 0 Å². The number of nitrogens with one attached hydrogen (secondary N) is 1. The van der Waals surface area contributed by atoms with Crippen molar-refractivity contribution in [2.45, 2.75) is 52.3 Å². The largest absolute Gasteiger partial charge is 0.416 e. The van der Waals surface area contributed by atoms with E-state index in [1.54, 1.807) is 0 Å². The molecule has 0 bridgehead atoms. The Bertz CT molecular complexity index is 426. The monoisotopic (exact) mass is 291 g/mol. The van der Waals surface area contributed by atoms with Crippen LogP contribution in [0.4, 0.5) is 23.2 Å². The Morgan fingerprint density at radius 3 is 2.25 bits per heavy atom. The highest BCUT2D eigenvalue weighted by atomic mass is 19.4. The second-order valence-corrected chi connectivity index (χ2v) is 5.56. The summed E-state index contributed by atoms with van der Waals surface area (Å²) in [6.45, 7) is 6.17. The summed E-state index contributed by atoms with van der Waals surface area (Å²) >= 11 is 0. The van der Waals surface area contributed by atoms with Gasteiger partial charge in [0, 0.05) is 6.04 Å². The van der Waals surface area contributed by atoms with Gasteiger partial charge in [0.05, 0.1) is 11.3 Å². The number of benzene rings is 1. The summed E-state index contributed by atoms with van der Waals surface area (Å²) < 4.78 is 50.9. The van der Waals surface area contributed by atoms with E-state index in [9.17, 15) is 17.6 Å². The lowest BCUT2D eigenvalue weighted by molar-refractivity contribution is -0.137. The van der Waals surface area contributed by atoms with Crippen LogP contribution < -0.4 is 5.32 Å². The number of rotatable bonds is 6. The molecule has 0 radical (unpaired) electrons. The fraction of sp³-hybridized carbons (Fsp3) is 0.600. The van der Waals surface area contributed by atoms with Gasteiger partial charge in [-0.25, -0.2) is 4.39 Å². The molecule has 0 aliphatic rings. The average Bonchev–Trinajstić information content (AvgIpc) is 2.29. The molecule has 0 amide bonds. The van der Waals surface area contributed by atoms with Gasteiger partial charge in [0.1, 0.15) is 5.82 Å². The fourth-order valence-electron chi connectivity index (χ4n) is 1.98. The van der Waals surface area contributed by atoms with Gasteiger partial charge >= 0.3 is 6.18 Å². The zero-order chi connectivity index (χ0) is 15.3. The standard InChI is InChI=1S/C15H21F4N/c1-10(2)5-4-6-11(3)20-14-8-7-12(9-13(14)16)15(17,18)19/h7-11,20H,4-6H2,1-3H3. The maximum absolute atomic E-state index is 13.6. The van der Waals surface area contributed by atoms with Gasteiger partial charge in [0.2, 0.25) is 0 Å². The van der Waals surface area contributed by atoms with Crippen molar-refractivity contribution in [2.75, 3.05) is 5.32 Å². The number of anilines is 1. The van der Waals surface area contributed by atoms with Crippen molar-refractivity contribution in [3.63, 3.8) is 0 Å². The van der Waals surface area contributed by atoms with E-state index in [1.165, 1.54) is 0 Å². The van der Waals surface area contributed by atoms with Crippen molar-refractivity contribution in [3.05, 3.63) is 29.6 Å². The van der Waals surface area contributed by atoms with E-state index in [1.807, 2.05) is 6.92 Å². The third-order valence-corrected chi connectivity index (χ3v) is 3.12. The first-order valence-corrected chi connectivity index (χ1v) is 6.83. The molecule has 1 unspecified atom stereocenters. The van der Waals surface area contributed by atoms with Gasteiger partial charge in [0.15, 0.2) is 0 Å². The second-order valence-electron chi connectivity index (χ2n) is 5.56. The summed E-state index contributed by atoms with van der Waals surface area (Å²) in [7, 11) is 0. The number of alkyl halides is 3. The van der Waals surface area contributed by atoms with E-state index in [2.05, 4.69) is 19.2 Å². The molecule has 1 rings (SSSR count). The van der Waals surface area contributed by atoms with Crippen LogP contribution in [-0.2, 0) is 6.18 Å². The topological polar surface area (TPSA) is 12.0 Å². The van der Waals surface area contributed by atoms with Crippen LogP contribution in [0.2, 0.25) is 0 Å². The predicted octanol–water partition coefficient (Wildman–Crippen LogP) is 5.47. The van der Waals surface area contributed by atoms with Crippen molar-refractivity contribution in [2.24, 2.45) is 5.92 Å². The highest BCUT2D eigenvalue weighted by molar-refractivity contribution is 5.47. The first-order chi connectivity index (χ1) is 9.20. The lowest BCUT2D eigenvalue weighted by Gasteiger charge is -2.17. The van der Waals surface area contributed by atoms with Gasteiger partial charge in [0.25, 0.3) is 0 Å². The van der Waals surface area contributed by atoms with Crippen LogP contribution in [0.3, 0.4) is 0 Å². The highest BCUT2D eigenvalue weighted by Crippen LogP contribution is 2.31. The van der Waals surface area contributed by atoms with Crippen LogP contribution in [0.5, 0.6) is 0 Å². The summed E-state index contributed by atoms with van der Waals surface area (Å²) in [5.41, 5.74) is -0.844. The molecule has 0 heterocycles. The molecule has 1 nitrogen and oxygen atoms in total. The summed E-state index contributed by atoms with van der Waals surface area (Å²) in [4.78, 5) is 0. The third-order valence-electron chi connectivity index (χ3n) is 3.12. The zero-order valence-corrected chi connectivity index (χ0v) is 12.0. The van der Waals surface area contributed by atoms with Crippen LogP contribution in [0.1, 0.15) is 45.6 Å². The van der Waals surface area contributed by atoms with Crippen LogP contribution in [0, 0.1) is 11.7 Å². The van der Waals surface area contributed by atoms with Crippen molar-refractivity contribution in [3.8, 4) is 0 Å². The normalized spacial score (nSPS) is 13.6. The molecule has 20 heavy (non-hydrogen) atoms. The number of hydrogen-bond acceptors (Lipinski definition) is 1. The van der Waals surface area contributed by atoms with E-state index < -0.39 is 17.6 Å². The molecule has 1 N–H and O–H groups in total. The summed E-state index contributed by atoms with van der Waals surface area (Å²) in [5.74, 6) is -0.250. The minimum Gasteiger partial charge on any atom is -0.380 e. The molecule has 1 atom stereocenters. The van der Waals surface area contributed by atoms with Crippen molar-refractivity contribution in [1.82, 2.24) is 0 Å². The van der Waals surface area contributed by atoms with E-state index in [-0.39, 0.29) is 11.7 Å². The van der Waals surface area contributed by atoms with Crippen LogP contribution in [-0.4, -0.2) is 6.04 Å². The van der Waals surface area contributed by atoms with Crippen LogP contribution in [0.25, 0.3) is 0 Å². The Labute approximate surface area is 117 Å². The van der Waals surface area contributed by atoms with Gasteiger partial charge in [-0.05, 0) is 37.5 Å². The van der Waals surface area contributed by atoms with Gasteiger partial charge in [-0.15, -0.1) is 0 Å². The molecule has 5 heteroatoms. The van der Waals surface area contributed by atoms with Crippen LogP contribution in [0.15, 0.2) is 18.2 Å². The maximum atomic E-state index is 13.6. The Morgan fingerprint density at radius 2 is 1.75 bits per heavy atom. The van der Waals surface area contributed by atoms with Gasteiger partial charge in [-0.1, -0.05) is 26.7 Å². The molecule has 0 aromatic heterocycles. The second kappa shape index (κ2) is 6.95. The van der Waals surface area contributed by atoms with E-state index in [4.69, 9.17) is 0 Å². The lowest BCUT2D eigenvalue weighted by Crippen LogP contribution is -2.16. The predicted molar refractivity (Wildman–Crippen MR) is 73.2 cm³/mol. The summed E-state index contributed by atoms with van der Waals surface area (Å²) in [6, 6.07) is 2.60. The molecular weight excluding hydrogens is 270 g/mol. The van der Waals surface area contributed by atoms with Crippen molar-refractivity contribution in [1.29, 1.82) is 0 Å². The molecule has 0 aliphatic carbocycles. The number of halogens is 4. The van der Waals surface area contributed by atoms with Gasteiger partial charge < -0.3 is 5.32 Å². The van der Waals surface area contributed by atoms with E-state index in [0.29, 0.717) is 12.0 Å². The maximum Gasteiger partial charge on any atom is 0.416 e. The molecule has 1 aromatic rings. The molecule has 0 spiro atoms. The van der Waals surface area contributed by atoms with E-state index in [0.717, 1.165) is 31.4 Å². The first kappa shape index (κ1) is 16.8.